The number of nitrogens with one attached hydrogen (secondary N) is 1. The Kier molecular flexibility index (Phi) is 6.98. The first-order valence-corrected chi connectivity index (χ1v) is 11.2. The van der Waals surface area contributed by atoms with Crippen LogP contribution in [0, 0.1) is 0 Å². The minimum absolute atomic E-state index is 0.143. The van der Waals surface area contributed by atoms with Gasteiger partial charge in [-0.1, -0.05) is 35.9 Å². The zero-order valence-corrected chi connectivity index (χ0v) is 19.0. The normalized spacial score (nSPS) is 18.2. The summed E-state index contributed by atoms with van der Waals surface area (Å²) in [6, 6.07) is 21.1. The maximum Gasteiger partial charge on any atom is 0.162 e. The average molecular weight is 451 g/mol. The quantitative estimate of drug-likeness (QED) is 0.459. The second-order valence-electron chi connectivity index (χ2n) is 7.54. The Hall–Kier alpha value is -3.02. The van der Waals surface area contributed by atoms with Gasteiger partial charge in [0.25, 0.3) is 0 Å². The van der Waals surface area contributed by atoms with Crippen molar-refractivity contribution in [2.45, 2.75) is 32.5 Å². The van der Waals surface area contributed by atoms with Crippen molar-refractivity contribution in [1.29, 1.82) is 0 Å². The Labute approximate surface area is 193 Å². The van der Waals surface area contributed by atoms with Crippen LogP contribution in [0.1, 0.15) is 49.2 Å². The van der Waals surface area contributed by atoms with E-state index in [0.717, 1.165) is 28.2 Å². The zero-order chi connectivity index (χ0) is 22.5. The number of hydrogen-bond donors (Lipinski definition) is 2. The van der Waals surface area contributed by atoms with Crippen molar-refractivity contribution in [3.05, 3.63) is 88.4 Å². The van der Waals surface area contributed by atoms with Gasteiger partial charge in [-0.25, -0.2) is 0 Å². The molecule has 1 aliphatic rings. The molecule has 0 unspecified atom stereocenters. The van der Waals surface area contributed by atoms with E-state index in [9.17, 15) is 5.11 Å². The van der Waals surface area contributed by atoms with Crippen molar-refractivity contribution in [3.8, 4) is 17.2 Å². The van der Waals surface area contributed by atoms with E-state index >= 15 is 0 Å². The SMILES string of the molecule is CCOc1ccc(C2=N[C@@H](c3ccc(Cl)cc3)N[C@H](c3cccc(OCC)c3O)C2)cc1. The standard InChI is InChI=1S/C26H27ClN2O3/c1-3-31-20-14-10-17(11-15-20)22-16-23(21-6-5-7-24(25(21)30)32-4-2)29-26(28-22)18-8-12-19(27)13-9-18/h5-15,23,26,29-30H,3-4,16H2,1-2H3/t23-,26+/m0/s1. The number of ether oxygens (including phenoxy) is 2. The molecule has 0 amide bonds. The Morgan fingerprint density at radius 2 is 1.69 bits per heavy atom. The highest BCUT2D eigenvalue weighted by molar-refractivity contribution is 6.30. The van der Waals surface area contributed by atoms with Gasteiger partial charge in [-0.2, -0.15) is 0 Å². The summed E-state index contributed by atoms with van der Waals surface area (Å²) in [6.45, 7) is 4.98. The molecule has 0 bridgehead atoms. The van der Waals surface area contributed by atoms with Gasteiger partial charge in [0.1, 0.15) is 11.9 Å². The molecule has 0 saturated carbocycles. The topological polar surface area (TPSA) is 63.1 Å². The molecule has 0 aromatic heterocycles. The zero-order valence-electron chi connectivity index (χ0n) is 18.2. The summed E-state index contributed by atoms with van der Waals surface area (Å²) in [5.41, 5.74) is 3.77. The van der Waals surface area contributed by atoms with Gasteiger partial charge < -0.3 is 14.6 Å². The second kappa shape index (κ2) is 10.1. The third-order valence-electron chi connectivity index (χ3n) is 5.43. The van der Waals surface area contributed by atoms with Crippen molar-refractivity contribution in [2.24, 2.45) is 4.99 Å². The molecule has 6 heteroatoms. The van der Waals surface area contributed by atoms with Crippen molar-refractivity contribution < 1.29 is 14.6 Å². The van der Waals surface area contributed by atoms with Crippen LogP contribution in [0.4, 0.5) is 0 Å². The van der Waals surface area contributed by atoms with E-state index in [4.69, 9.17) is 26.1 Å². The molecule has 1 heterocycles. The molecule has 0 saturated heterocycles. The van der Waals surface area contributed by atoms with Crippen LogP contribution >= 0.6 is 11.6 Å². The van der Waals surface area contributed by atoms with Gasteiger partial charge in [0, 0.05) is 28.8 Å². The second-order valence-corrected chi connectivity index (χ2v) is 7.97. The fourth-order valence-electron chi connectivity index (χ4n) is 3.90. The van der Waals surface area contributed by atoms with Crippen LogP contribution in [-0.2, 0) is 0 Å². The predicted octanol–water partition coefficient (Wildman–Crippen LogP) is 6.07. The number of nitrogens with zero attached hydrogens (tertiary/aromatic N) is 1. The number of rotatable bonds is 7. The minimum Gasteiger partial charge on any atom is -0.504 e. The summed E-state index contributed by atoms with van der Waals surface area (Å²) in [6.07, 6.45) is 0.351. The van der Waals surface area contributed by atoms with Gasteiger partial charge >= 0.3 is 0 Å². The molecule has 0 spiro atoms. The fourth-order valence-corrected chi connectivity index (χ4v) is 4.03. The maximum absolute atomic E-state index is 10.9. The van der Waals surface area contributed by atoms with Crippen LogP contribution in [0.25, 0.3) is 0 Å². The van der Waals surface area contributed by atoms with E-state index in [1.807, 2.05) is 74.5 Å². The van der Waals surface area contributed by atoms with Crippen LogP contribution in [-0.4, -0.2) is 24.0 Å². The molecular formula is C26H27ClN2O3. The van der Waals surface area contributed by atoms with Crippen molar-refractivity contribution in [2.75, 3.05) is 13.2 Å². The molecule has 3 aromatic rings. The molecule has 0 aliphatic carbocycles. The minimum atomic E-state index is -0.275. The number of benzene rings is 3. The Morgan fingerprint density at radius 1 is 0.969 bits per heavy atom. The largest absolute Gasteiger partial charge is 0.504 e. The molecule has 166 valence electrons. The van der Waals surface area contributed by atoms with Crippen LogP contribution in [0.3, 0.4) is 0 Å². The van der Waals surface area contributed by atoms with Crippen LogP contribution in [0.2, 0.25) is 5.02 Å². The molecule has 2 atom stereocenters. The molecular weight excluding hydrogens is 424 g/mol. The molecule has 2 N–H and O–H groups in total. The summed E-state index contributed by atoms with van der Waals surface area (Å²) in [7, 11) is 0. The summed E-state index contributed by atoms with van der Waals surface area (Å²) in [5, 5.41) is 15.1. The van der Waals surface area contributed by atoms with Gasteiger partial charge in [0.2, 0.25) is 0 Å². The lowest BCUT2D eigenvalue weighted by Gasteiger charge is -2.31. The van der Waals surface area contributed by atoms with Crippen LogP contribution < -0.4 is 14.8 Å². The highest BCUT2D eigenvalue weighted by Crippen LogP contribution is 2.39. The van der Waals surface area contributed by atoms with Crippen molar-refractivity contribution in [3.63, 3.8) is 0 Å². The summed E-state index contributed by atoms with van der Waals surface area (Å²) in [4.78, 5) is 5.00. The number of aromatic hydroxyl groups is 1. The van der Waals surface area contributed by atoms with Crippen LogP contribution in [0.5, 0.6) is 17.2 Å². The number of hydrogen-bond acceptors (Lipinski definition) is 5. The molecule has 1 aliphatic heterocycles. The van der Waals surface area contributed by atoms with E-state index in [0.29, 0.717) is 30.4 Å². The number of phenols is 1. The number of para-hydroxylation sites is 1. The highest BCUT2D eigenvalue weighted by Gasteiger charge is 2.28. The first-order chi connectivity index (χ1) is 15.6. The Morgan fingerprint density at radius 3 is 2.38 bits per heavy atom. The summed E-state index contributed by atoms with van der Waals surface area (Å²) < 4.78 is 11.2. The lowest BCUT2D eigenvalue weighted by molar-refractivity contribution is 0.313. The highest BCUT2D eigenvalue weighted by atomic mass is 35.5. The molecule has 3 aromatic carbocycles. The van der Waals surface area contributed by atoms with Gasteiger partial charge in [0.15, 0.2) is 11.5 Å². The average Bonchev–Trinajstić information content (AvgIpc) is 2.81. The smallest absolute Gasteiger partial charge is 0.162 e. The third-order valence-corrected chi connectivity index (χ3v) is 5.68. The van der Waals surface area contributed by atoms with Gasteiger partial charge in [0.05, 0.1) is 13.2 Å². The van der Waals surface area contributed by atoms with E-state index in [-0.39, 0.29) is 18.0 Å². The lowest BCUT2D eigenvalue weighted by Crippen LogP contribution is -2.33. The van der Waals surface area contributed by atoms with Gasteiger partial charge in [-0.3, -0.25) is 10.3 Å². The maximum atomic E-state index is 10.9. The van der Waals surface area contributed by atoms with E-state index < -0.39 is 0 Å². The third kappa shape index (κ3) is 4.90. The molecule has 4 rings (SSSR count). The number of phenolic OH excluding ortho intramolecular Hbond substituents is 1. The summed E-state index contributed by atoms with van der Waals surface area (Å²) >= 11 is 6.09. The first kappa shape index (κ1) is 22.2. The molecule has 5 nitrogen and oxygen atoms in total. The van der Waals surface area contributed by atoms with Crippen LogP contribution in [0.15, 0.2) is 71.7 Å². The fraction of sp³-hybridized carbons (Fsp3) is 0.269. The van der Waals surface area contributed by atoms with Gasteiger partial charge in [-0.15, -0.1) is 0 Å². The Balaban J connectivity index is 1.71. The molecule has 0 fully saturated rings. The number of aliphatic imine (C=N–C) groups is 1. The molecule has 0 radical (unpaired) electrons. The van der Waals surface area contributed by atoms with Crippen molar-refractivity contribution in [1.82, 2.24) is 5.32 Å². The Bertz CT molecular complexity index is 1080. The van der Waals surface area contributed by atoms with Crippen molar-refractivity contribution >= 4 is 17.3 Å². The monoisotopic (exact) mass is 450 g/mol. The van der Waals surface area contributed by atoms with E-state index in [2.05, 4.69) is 5.32 Å². The lowest BCUT2D eigenvalue weighted by atomic mass is 9.93. The first-order valence-electron chi connectivity index (χ1n) is 10.8. The van der Waals surface area contributed by atoms with E-state index in [1.54, 1.807) is 6.07 Å². The molecule has 32 heavy (non-hydrogen) atoms. The summed E-state index contributed by atoms with van der Waals surface area (Å²) in [5.74, 6) is 1.48. The van der Waals surface area contributed by atoms with E-state index in [1.165, 1.54) is 0 Å². The number of halogens is 1. The predicted molar refractivity (Wildman–Crippen MR) is 128 cm³/mol. The van der Waals surface area contributed by atoms with Gasteiger partial charge in [-0.05, 0) is 67.4 Å².